The molecule has 2 aromatic rings. The minimum absolute atomic E-state index is 0.0433. The highest BCUT2D eigenvalue weighted by Gasteiger charge is 2.37. The number of carbonyl (C=O) groups is 1. The first kappa shape index (κ1) is 22.5. The zero-order chi connectivity index (χ0) is 22.2. The van der Waals surface area contributed by atoms with Gasteiger partial charge < -0.3 is 9.42 Å². The van der Waals surface area contributed by atoms with Crippen LogP contribution >= 0.6 is 23.2 Å². The standard InChI is InChI=1S/C20H24Cl2N4O4S/c1-13-23-19(30-24-13)15-4-3-9-25(12-15)20(27)14-7-10-26(11-8-14)31(28,29)18-16(21)5-2-6-17(18)22/h2,5-6,14-15H,3-4,7-12H2,1H3. The van der Waals surface area contributed by atoms with Crippen molar-refractivity contribution in [2.24, 2.45) is 5.92 Å². The van der Waals surface area contributed by atoms with E-state index in [1.807, 2.05) is 4.90 Å². The summed E-state index contributed by atoms with van der Waals surface area (Å²) in [6.45, 7) is 3.52. The molecule has 0 bridgehead atoms. The Hall–Kier alpha value is -1.68. The van der Waals surface area contributed by atoms with Crippen molar-refractivity contribution in [3.05, 3.63) is 40.0 Å². The molecule has 0 saturated carbocycles. The second-order valence-corrected chi connectivity index (χ2v) is 10.7. The maximum absolute atomic E-state index is 13.1. The largest absolute Gasteiger partial charge is 0.342 e. The number of halogens is 2. The lowest BCUT2D eigenvalue weighted by molar-refractivity contribution is -0.138. The normalized spacial score (nSPS) is 21.4. The molecular weight excluding hydrogens is 463 g/mol. The fourth-order valence-corrected chi connectivity index (χ4v) is 6.88. The number of aryl methyl sites for hydroxylation is 1. The number of likely N-dealkylation sites (tertiary alicyclic amines) is 1. The lowest BCUT2D eigenvalue weighted by atomic mass is 9.93. The van der Waals surface area contributed by atoms with Crippen molar-refractivity contribution in [3.63, 3.8) is 0 Å². The van der Waals surface area contributed by atoms with Crippen LogP contribution < -0.4 is 0 Å². The van der Waals surface area contributed by atoms with Crippen molar-refractivity contribution in [1.29, 1.82) is 0 Å². The number of amides is 1. The van der Waals surface area contributed by atoms with Crippen LogP contribution in [0.1, 0.15) is 43.3 Å². The molecule has 0 aliphatic carbocycles. The smallest absolute Gasteiger partial charge is 0.246 e. The number of piperidine rings is 2. The van der Waals surface area contributed by atoms with Crippen LogP contribution in [-0.4, -0.2) is 59.8 Å². The molecule has 1 aromatic carbocycles. The molecule has 8 nitrogen and oxygen atoms in total. The molecule has 0 spiro atoms. The summed E-state index contributed by atoms with van der Waals surface area (Å²) in [4.78, 5) is 19.2. The Morgan fingerprint density at radius 1 is 1.13 bits per heavy atom. The average Bonchev–Trinajstić information content (AvgIpc) is 3.19. The Balaban J connectivity index is 1.40. The summed E-state index contributed by atoms with van der Waals surface area (Å²) >= 11 is 12.2. The highest BCUT2D eigenvalue weighted by Crippen LogP contribution is 2.34. The monoisotopic (exact) mass is 486 g/mol. The number of nitrogens with zero attached hydrogens (tertiary/aromatic N) is 4. The molecule has 1 amide bonds. The summed E-state index contributed by atoms with van der Waals surface area (Å²) in [5.41, 5.74) is 0. The molecule has 2 aliphatic rings. The molecule has 2 saturated heterocycles. The Morgan fingerprint density at radius 2 is 1.81 bits per heavy atom. The molecule has 4 rings (SSSR count). The first-order valence-electron chi connectivity index (χ1n) is 10.3. The van der Waals surface area contributed by atoms with Crippen LogP contribution in [0.5, 0.6) is 0 Å². The Bertz CT molecular complexity index is 1050. The summed E-state index contributed by atoms with van der Waals surface area (Å²) in [5.74, 6) is 1.06. The van der Waals surface area contributed by atoms with E-state index in [4.69, 9.17) is 27.7 Å². The van der Waals surface area contributed by atoms with E-state index in [-0.39, 0.29) is 45.8 Å². The third-order valence-electron chi connectivity index (χ3n) is 5.95. The molecule has 3 heterocycles. The van der Waals surface area contributed by atoms with Crippen LogP contribution in [0.25, 0.3) is 0 Å². The molecule has 2 aliphatic heterocycles. The predicted molar refractivity (Wildman–Crippen MR) is 116 cm³/mol. The predicted octanol–water partition coefficient (Wildman–Crippen LogP) is 3.49. The third kappa shape index (κ3) is 4.60. The second kappa shape index (κ2) is 9.05. The van der Waals surface area contributed by atoms with Gasteiger partial charge in [-0.3, -0.25) is 4.79 Å². The summed E-state index contributed by atoms with van der Waals surface area (Å²) in [5, 5.41) is 4.05. The zero-order valence-electron chi connectivity index (χ0n) is 17.1. The van der Waals surface area contributed by atoms with Gasteiger partial charge in [0.15, 0.2) is 5.82 Å². The van der Waals surface area contributed by atoms with Crippen LogP contribution in [0.15, 0.2) is 27.6 Å². The zero-order valence-corrected chi connectivity index (χ0v) is 19.5. The fourth-order valence-electron chi connectivity index (χ4n) is 4.32. The first-order chi connectivity index (χ1) is 14.8. The van der Waals surface area contributed by atoms with Crippen molar-refractivity contribution in [3.8, 4) is 0 Å². The number of sulfonamides is 1. The maximum atomic E-state index is 13.1. The summed E-state index contributed by atoms with van der Waals surface area (Å²) in [7, 11) is -3.82. The highest BCUT2D eigenvalue weighted by atomic mass is 35.5. The van der Waals surface area contributed by atoms with Crippen molar-refractivity contribution in [2.75, 3.05) is 26.2 Å². The molecule has 31 heavy (non-hydrogen) atoms. The van der Waals surface area contributed by atoms with Gasteiger partial charge in [0.05, 0.1) is 16.0 Å². The van der Waals surface area contributed by atoms with Crippen LogP contribution in [0, 0.1) is 12.8 Å². The van der Waals surface area contributed by atoms with Gasteiger partial charge in [0.1, 0.15) is 4.90 Å². The van der Waals surface area contributed by atoms with Gasteiger partial charge >= 0.3 is 0 Å². The number of hydrogen-bond acceptors (Lipinski definition) is 6. The van der Waals surface area contributed by atoms with Gasteiger partial charge in [-0.1, -0.05) is 34.4 Å². The lowest BCUT2D eigenvalue weighted by Crippen LogP contribution is -2.47. The number of rotatable bonds is 4. The topological polar surface area (TPSA) is 96.6 Å². The van der Waals surface area contributed by atoms with E-state index < -0.39 is 10.0 Å². The molecule has 0 N–H and O–H groups in total. The Kier molecular flexibility index (Phi) is 6.57. The third-order valence-corrected chi connectivity index (χ3v) is 8.80. The van der Waals surface area contributed by atoms with E-state index >= 15 is 0 Å². The summed E-state index contributed by atoms with van der Waals surface area (Å²) in [6, 6.07) is 4.62. The lowest BCUT2D eigenvalue weighted by Gasteiger charge is -2.36. The van der Waals surface area contributed by atoms with Crippen molar-refractivity contribution in [1.82, 2.24) is 19.3 Å². The molecule has 1 atom stereocenters. The number of carbonyl (C=O) groups excluding carboxylic acids is 1. The van der Waals surface area contributed by atoms with E-state index in [0.717, 1.165) is 12.8 Å². The van der Waals surface area contributed by atoms with Gasteiger partial charge in [-0.05, 0) is 44.7 Å². The van der Waals surface area contributed by atoms with Crippen LogP contribution in [0.4, 0.5) is 0 Å². The molecule has 168 valence electrons. The second-order valence-electron chi connectivity index (χ2n) is 8.03. The first-order valence-corrected chi connectivity index (χ1v) is 12.5. The summed E-state index contributed by atoms with van der Waals surface area (Å²) in [6.07, 6.45) is 2.69. The quantitative estimate of drug-likeness (QED) is 0.655. The van der Waals surface area contributed by atoms with Gasteiger partial charge in [0, 0.05) is 32.1 Å². The minimum Gasteiger partial charge on any atom is -0.342 e. The van der Waals surface area contributed by atoms with Crippen LogP contribution in [-0.2, 0) is 14.8 Å². The van der Waals surface area contributed by atoms with Gasteiger partial charge in [0.25, 0.3) is 0 Å². The molecule has 2 fully saturated rings. The van der Waals surface area contributed by atoms with E-state index in [1.54, 1.807) is 13.0 Å². The van der Waals surface area contributed by atoms with Crippen LogP contribution in [0.3, 0.4) is 0 Å². The van der Waals surface area contributed by atoms with Crippen molar-refractivity contribution in [2.45, 2.75) is 43.4 Å². The van der Waals surface area contributed by atoms with E-state index in [1.165, 1.54) is 16.4 Å². The Morgan fingerprint density at radius 3 is 2.42 bits per heavy atom. The van der Waals surface area contributed by atoms with Gasteiger partial charge in [-0.15, -0.1) is 0 Å². The SMILES string of the molecule is Cc1noc(C2CCCN(C(=O)C3CCN(S(=O)(=O)c4c(Cl)cccc4Cl)CC3)C2)n1. The molecule has 11 heteroatoms. The number of hydrogen-bond donors (Lipinski definition) is 0. The van der Waals surface area contributed by atoms with Crippen LogP contribution in [0.2, 0.25) is 10.0 Å². The van der Waals surface area contributed by atoms with E-state index in [0.29, 0.717) is 37.6 Å². The molecule has 1 aromatic heterocycles. The van der Waals surface area contributed by atoms with E-state index in [2.05, 4.69) is 10.1 Å². The van der Waals surface area contributed by atoms with Gasteiger partial charge in [-0.2, -0.15) is 9.29 Å². The Labute approximate surface area is 191 Å². The molecular formula is C20H24Cl2N4O4S. The molecule has 1 unspecified atom stereocenters. The number of benzene rings is 1. The summed E-state index contributed by atoms with van der Waals surface area (Å²) < 4.78 is 32.8. The van der Waals surface area contributed by atoms with E-state index in [9.17, 15) is 13.2 Å². The maximum Gasteiger partial charge on any atom is 0.246 e. The molecule has 0 radical (unpaired) electrons. The highest BCUT2D eigenvalue weighted by molar-refractivity contribution is 7.89. The fraction of sp³-hybridized carbons (Fsp3) is 0.550. The average molecular weight is 487 g/mol. The van der Waals surface area contributed by atoms with Gasteiger partial charge in [0.2, 0.25) is 21.8 Å². The van der Waals surface area contributed by atoms with Gasteiger partial charge in [-0.25, -0.2) is 8.42 Å². The van der Waals surface area contributed by atoms with Crippen molar-refractivity contribution < 1.29 is 17.7 Å². The van der Waals surface area contributed by atoms with Crippen molar-refractivity contribution >= 4 is 39.1 Å². The number of aromatic nitrogens is 2. The minimum atomic E-state index is -3.82.